The number of nitrogens with zero attached hydrogens (tertiary/aromatic N) is 3. The molecule has 2 rings (SSSR count). The third-order valence-electron chi connectivity index (χ3n) is 3.07. The largest absolute Gasteiger partial charge is 0.337 e. The summed E-state index contributed by atoms with van der Waals surface area (Å²) >= 11 is 0. The second-order valence-corrected chi connectivity index (χ2v) is 4.41. The molecule has 1 aromatic carbocycles. The predicted octanol–water partition coefficient (Wildman–Crippen LogP) is 2.00. The fourth-order valence-electron chi connectivity index (χ4n) is 1.84. The third-order valence-corrected chi connectivity index (χ3v) is 3.07. The first-order chi connectivity index (χ1) is 8.59. The zero-order valence-electron chi connectivity index (χ0n) is 10.9. The molecule has 0 bridgehead atoms. The van der Waals surface area contributed by atoms with E-state index in [1.54, 1.807) is 15.8 Å². The molecule has 0 saturated carbocycles. The van der Waals surface area contributed by atoms with Gasteiger partial charge in [0.25, 0.3) is 5.91 Å². The van der Waals surface area contributed by atoms with Crippen molar-refractivity contribution in [1.29, 1.82) is 0 Å². The van der Waals surface area contributed by atoms with Gasteiger partial charge >= 0.3 is 0 Å². The van der Waals surface area contributed by atoms with Crippen molar-refractivity contribution in [3.05, 3.63) is 53.3 Å². The molecule has 0 aliphatic carbocycles. The van der Waals surface area contributed by atoms with E-state index in [0.29, 0.717) is 12.1 Å². The number of hydrogen-bond acceptors (Lipinski definition) is 2. The molecule has 0 N–H and O–H groups in total. The minimum atomic E-state index is 0.00412. The van der Waals surface area contributed by atoms with E-state index in [2.05, 4.69) is 5.10 Å². The highest BCUT2D eigenvalue weighted by Crippen LogP contribution is 2.11. The van der Waals surface area contributed by atoms with Crippen LogP contribution < -0.4 is 0 Å². The first-order valence-electron chi connectivity index (χ1n) is 5.87. The van der Waals surface area contributed by atoms with E-state index >= 15 is 0 Å². The van der Waals surface area contributed by atoms with Gasteiger partial charge in [0.05, 0.1) is 11.8 Å². The average molecular weight is 243 g/mol. The SMILES string of the molecule is Cc1c(C(=O)N(C)Cc2ccccc2)cnn1C. The van der Waals surface area contributed by atoms with Crippen molar-refractivity contribution in [1.82, 2.24) is 14.7 Å². The number of hydrogen-bond donors (Lipinski definition) is 0. The summed E-state index contributed by atoms with van der Waals surface area (Å²) in [5, 5.41) is 4.10. The van der Waals surface area contributed by atoms with Crippen molar-refractivity contribution in [2.24, 2.45) is 7.05 Å². The second kappa shape index (κ2) is 5.04. The van der Waals surface area contributed by atoms with Crippen LogP contribution in [0.1, 0.15) is 21.6 Å². The van der Waals surface area contributed by atoms with Crippen molar-refractivity contribution >= 4 is 5.91 Å². The second-order valence-electron chi connectivity index (χ2n) is 4.41. The molecule has 0 saturated heterocycles. The van der Waals surface area contributed by atoms with Crippen LogP contribution in [0.5, 0.6) is 0 Å². The Labute approximate surface area is 107 Å². The van der Waals surface area contributed by atoms with E-state index in [4.69, 9.17) is 0 Å². The molecule has 18 heavy (non-hydrogen) atoms. The van der Waals surface area contributed by atoms with Crippen LogP contribution in [-0.2, 0) is 13.6 Å². The van der Waals surface area contributed by atoms with E-state index in [9.17, 15) is 4.79 Å². The predicted molar refractivity (Wildman–Crippen MR) is 70.2 cm³/mol. The minimum absolute atomic E-state index is 0.00412. The summed E-state index contributed by atoms with van der Waals surface area (Å²) in [6.07, 6.45) is 1.62. The van der Waals surface area contributed by atoms with Gasteiger partial charge in [-0.15, -0.1) is 0 Å². The maximum absolute atomic E-state index is 12.3. The average Bonchev–Trinajstić information content (AvgIpc) is 2.70. The highest BCUT2D eigenvalue weighted by Gasteiger charge is 2.16. The Morgan fingerprint density at radius 3 is 2.56 bits per heavy atom. The van der Waals surface area contributed by atoms with Crippen molar-refractivity contribution in [2.45, 2.75) is 13.5 Å². The first kappa shape index (κ1) is 12.4. The summed E-state index contributed by atoms with van der Waals surface area (Å²) < 4.78 is 1.71. The van der Waals surface area contributed by atoms with Crippen LogP contribution >= 0.6 is 0 Å². The standard InChI is InChI=1S/C14H17N3O/c1-11-13(9-15-17(11)3)14(18)16(2)10-12-7-5-4-6-8-12/h4-9H,10H2,1-3H3. The smallest absolute Gasteiger partial charge is 0.257 e. The Morgan fingerprint density at radius 2 is 2.00 bits per heavy atom. The molecule has 0 aliphatic heterocycles. The summed E-state index contributed by atoms with van der Waals surface area (Å²) in [5.74, 6) is 0.00412. The summed E-state index contributed by atoms with van der Waals surface area (Å²) in [5.41, 5.74) is 2.67. The summed E-state index contributed by atoms with van der Waals surface area (Å²) in [6.45, 7) is 2.50. The molecule has 94 valence electrons. The molecule has 0 aliphatic rings. The van der Waals surface area contributed by atoms with Crippen LogP contribution in [0.25, 0.3) is 0 Å². The van der Waals surface area contributed by atoms with Crippen LogP contribution in [-0.4, -0.2) is 27.6 Å². The van der Waals surface area contributed by atoms with E-state index in [1.807, 2.05) is 51.4 Å². The Kier molecular flexibility index (Phi) is 3.46. The van der Waals surface area contributed by atoms with Crippen molar-refractivity contribution < 1.29 is 4.79 Å². The lowest BCUT2D eigenvalue weighted by atomic mass is 10.2. The first-order valence-corrected chi connectivity index (χ1v) is 5.87. The van der Waals surface area contributed by atoms with Gasteiger partial charge in [-0.25, -0.2) is 0 Å². The molecule has 0 radical (unpaired) electrons. The number of benzene rings is 1. The van der Waals surface area contributed by atoms with Crippen LogP contribution in [0.3, 0.4) is 0 Å². The molecule has 1 amide bonds. The van der Waals surface area contributed by atoms with E-state index < -0.39 is 0 Å². The van der Waals surface area contributed by atoms with Gasteiger partial charge in [0.2, 0.25) is 0 Å². The Balaban J connectivity index is 2.12. The molecule has 0 atom stereocenters. The van der Waals surface area contributed by atoms with Gasteiger partial charge in [0.1, 0.15) is 0 Å². The fourth-order valence-corrected chi connectivity index (χ4v) is 1.84. The number of carbonyl (C=O) groups excluding carboxylic acids is 1. The van der Waals surface area contributed by atoms with Gasteiger partial charge in [-0.3, -0.25) is 9.48 Å². The summed E-state index contributed by atoms with van der Waals surface area (Å²) in [7, 11) is 3.64. The molecule has 0 spiro atoms. The van der Waals surface area contributed by atoms with E-state index in [-0.39, 0.29) is 5.91 Å². The van der Waals surface area contributed by atoms with E-state index in [1.165, 1.54) is 0 Å². The number of aromatic nitrogens is 2. The summed E-state index contributed by atoms with van der Waals surface area (Å²) in [6, 6.07) is 9.95. The van der Waals surface area contributed by atoms with Gasteiger partial charge in [-0.1, -0.05) is 30.3 Å². The molecule has 1 heterocycles. The van der Waals surface area contributed by atoms with Gasteiger partial charge in [0, 0.05) is 26.3 Å². The molecule has 2 aromatic rings. The molecule has 0 unspecified atom stereocenters. The zero-order chi connectivity index (χ0) is 13.1. The fraction of sp³-hybridized carbons (Fsp3) is 0.286. The Bertz CT molecular complexity index is 545. The van der Waals surface area contributed by atoms with Crippen molar-refractivity contribution in [3.63, 3.8) is 0 Å². The monoisotopic (exact) mass is 243 g/mol. The van der Waals surface area contributed by atoms with Gasteiger partial charge in [-0.05, 0) is 12.5 Å². The third kappa shape index (κ3) is 2.42. The minimum Gasteiger partial charge on any atom is -0.337 e. The van der Waals surface area contributed by atoms with Gasteiger partial charge in [-0.2, -0.15) is 5.10 Å². The Morgan fingerprint density at radius 1 is 1.33 bits per heavy atom. The van der Waals surface area contributed by atoms with Gasteiger partial charge in [0.15, 0.2) is 0 Å². The molecule has 4 nitrogen and oxygen atoms in total. The quantitative estimate of drug-likeness (QED) is 0.827. The molecular formula is C14H17N3O. The maximum atomic E-state index is 12.3. The molecule has 0 fully saturated rings. The van der Waals surface area contributed by atoms with Gasteiger partial charge < -0.3 is 4.90 Å². The topological polar surface area (TPSA) is 38.1 Å². The summed E-state index contributed by atoms with van der Waals surface area (Å²) in [4.78, 5) is 14.0. The maximum Gasteiger partial charge on any atom is 0.257 e. The van der Waals surface area contributed by atoms with Crippen LogP contribution in [0.2, 0.25) is 0 Å². The number of aryl methyl sites for hydroxylation is 1. The highest BCUT2D eigenvalue weighted by molar-refractivity contribution is 5.94. The highest BCUT2D eigenvalue weighted by atomic mass is 16.2. The lowest BCUT2D eigenvalue weighted by molar-refractivity contribution is 0.0784. The van der Waals surface area contributed by atoms with E-state index in [0.717, 1.165) is 11.3 Å². The zero-order valence-corrected chi connectivity index (χ0v) is 10.9. The molecular weight excluding hydrogens is 226 g/mol. The molecule has 4 heteroatoms. The number of amides is 1. The molecule has 1 aromatic heterocycles. The number of rotatable bonds is 3. The normalized spacial score (nSPS) is 10.4. The lowest BCUT2D eigenvalue weighted by Gasteiger charge is -2.17. The lowest BCUT2D eigenvalue weighted by Crippen LogP contribution is -2.26. The van der Waals surface area contributed by atoms with Crippen molar-refractivity contribution in [3.8, 4) is 0 Å². The number of carbonyl (C=O) groups is 1. The van der Waals surface area contributed by atoms with Crippen molar-refractivity contribution in [2.75, 3.05) is 7.05 Å². The Hall–Kier alpha value is -2.10. The van der Waals surface area contributed by atoms with Crippen LogP contribution in [0.4, 0.5) is 0 Å². The van der Waals surface area contributed by atoms with Crippen LogP contribution in [0, 0.1) is 6.92 Å². The van der Waals surface area contributed by atoms with Crippen LogP contribution in [0.15, 0.2) is 36.5 Å².